The lowest BCUT2D eigenvalue weighted by Crippen LogP contribution is -2.41. The van der Waals surface area contributed by atoms with Crippen LogP contribution in [-0.4, -0.2) is 32.2 Å². The lowest BCUT2D eigenvalue weighted by molar-refractivity contribution is 0.00578. The molecule has 0 aliphatic carbocycles. The van der Waals surface area contributed by atoms with Crippen LogP contribution in [0, 0.1) is 0 Å². The molecule has 1 aliphatic rings. The van der Waals surface area contributed by atoms with E-state index in [0.717, 1.165) is 0 Å². The van der Waals surface area contributed by atoms with Gasteiger partial charge in [0.05, 0.1) is 16.2 Å². The normalized spacial score (nSPS) is 20.0. The topological polar surface area (TPSA) is 36.9 Å². The van der Waals surface area contributed by atoms with E-state index in [-0.39, 0.29) is 6.79 Å². The van der Waals surface area contributed by atoms with Crippen molar-refractivity contribution >= 4 is 24.8 Å². The minimum Gasteiger partial charge on any atom is -0.466 e. The lowest BCUT2D eigenvalue weighted by Gasteiger charge is -2.32. The molecule has 1 heterocycles. The summed E-state index contributed by atoms with van der Waals surface area (Å²) in [5.74, 6) is 0.420. The predicted octanol–water partition coefficient (Wildman–Crippen LogP) is 4.26. The zero-order chi connectivity index (χ0) is 17.3. The van der Waals surface area contributed by atoms with Gasteiger partial charge in [0.1, 0.15) is 11.5 Å². The molecule has 1 fully saturated rings. The Bertz CT molecular complexity index is 588. The van der Waals surface area contributed by atoms with Crippen molar-refractivity contribution < 1.29 is 23.2 Å². The molecule has 0 radical (unpaired) electrons. The van der Waals surface area contributed by atoms with Crippen LogP contribution < -0.4 is 4.74 Å². The second-order valence-corrected chi connectivity index (χ2v) is 6.71. The molecular weight excluding hydrogens is 321 g/mol. The first-order valence-corrected chi connectivity index (χ1v) is 7.69. The van der Waals surface area contributed by atoms with E-state index < -0.39 is 24.0 Å². The molecule has 1 aliphatic heterocycles. The van der Waals surface area contributed by atoms with Gasteiger partial charge in [0.25, 0.3) is 0 Å². The maximum Gasteiger partial charge on any atom is 0.525 e. The van der Waals surface area contributed by atoms with E-state index >= 15 is 0 Å². The molecule has 0 N–H and O–H groups in total. The molecule has 126 valence electrons. The third-order valence-electron chi connectivity index (χ3n) is 4.10. The zero-order valence-electron chi connectivity index (χ0n) is 14.0. The van der Waals surface area contributed by atoms with Crippen molar-refractivity contribution in [3.05, 3.63) is 34.5 Å². The molecule has 2 rings (SSSR count). The third-order valence-corrected chi connectivity index (χ3v) is 4.50. The first kappa shape index (κ1) is 18.3. The molecule has 23 heavy (non-hydrogen) atoms. The first-order valence-electron chi connectivity index (χ1n) is 7.31. The number of ether oxygens (including phenoxy) is 2. The molecule has 1 aromatic carbocycles. The number of hydrogen-bond donors (Lipinski definition) is 0. The highest BCUT2D eigenvalue weighted by molar-refractivity contribution is 6.54. The summed E-state index contributed by atoms with van der Waals surface area (Å²) in [6.45, 7) is 7.53. The van der Waals surface area contributed by atoms with Crippen LogP contribution in [0.2, 0.25) is 5.02 Å². The van der Waals surface area contributed by atoms with Crippen molar-refractivity contribution in [2.45, 2.75) is 38.9 Å². The fourth-order valence-electron chi connectivity index (χ4n) is 2.05. The molecule has 0 atom stereocenters. The van der Waals surface area contributed by atoms with Crippen LogP contribution in [0.25, 0.3) is 6.08 Å². The molecule has 0 bridgehead atoms. The Balaban J connectivity index is 2.22. The van der Waals surface area contributed by atoms with Crippen molar-refractivity contribution in [1.82, 2.24) is 0 Å². The molecular formula is C16H21BClFO4. The summed E-state index contributed by atoms with van der Waals surface area (Å²) in [7, 11) is 0.454. The molecule has 1 saturated heterocycles. The van der Waals surface area contributed by atoms with Gasteiger partial charge in [0.15, 0.2) is 6.79 Å². The maximum absolute atomic E-state index is 14.5. The average Bonchev–Trinajstić information content (AvgIpc) is 2.68. The average molecular weight is 343 g/mol. The minimum absolute atomic E-state index is 0.0621. The van der Waals surface area contributed by atoms with Gasteiger partial charge in [-0.25, -0.2) is 4.39 Å². The molecule has 0 spiro atoms. The summed E-state index contributed by atoms with van der Waals surface area (Å²) in [6, 6.07) is 5.10. The zero-order valence-corrected chi connectivity index (χ0v) is 14.7. The number of rotatable bonds is 5. The number of hydrogen-bond acceptors (Lipinski definition) is 4. The predicted molar refractivity (Wildman–Crippen MR) is 89.1 cm³/mol. The first-order chi connectivity index (χ1) is 10.7. The van der Waals surface area contributed by atoms with Gasteiger partial charge in [0.2, 0.25) is 0 Å². The molecule has 1 aromatic rings. The second-order valence-electron chi connectivity index (χ2n) is 6.33. The summed E-state index contributed by atoms with van der Waals surface area (Å²) in [5, 5.41) is 0.302. The molecule has 0 unspecified atom stereocenters. The fraction of sp³-hybridized carbons (Fsp3) is 0.500. The minimum atomic E-state index is -1.06. The highest BCUT2D eigenvalue weighted by Crippen LogP contribution is 2.39. The van der Waals surface area contributed by atoms with E-state index in [1.165, 1.54) is 13.2 Å². The van der Waals surface area contributed by atoms with Crippen molar-refractivity contribution in [3.8, 4) is 5.75 Å². The quantitative estimate of drug-likeness (QED) is 0.592. The van der Waals surface area contributed by atoms with Crippen LogP contribution in [0.4, 0.5) is 4.39 Å². The van der Waals surface area contributed by atoms with E-state index in [0.29, 0.717) is 16.3 Å². The number of halogens is 2. The monoisotopic (exact) mass is 342 g/mol. The van der Waals surface area contributed by atoms with Gasteiger partial charge in [-0.3, -0.25) is 0 Å². The molecule has 0 amide bonds. The van der Waals surface area contributed by atoms with Gasteiger partial charge in [0, 0.05) is 7.11 Å². The van der Waals surface area contributed by atoms with Gasteiger partial charge in [-0.2, -0.15) is 0 Å². The van der Waals surface area contributed by atoms with Crippen molar-refractivity contribution in [3.63, 3.8) is 0 Å². The van der Waals surface area contributed by atoms with E-state index in [9.17, 15) is 4.39 Å². The number of benzene rings is 1. The Morgan fingerprint density at radius 1 is 1.26 bits per heavy atom. The fourth-order valence-corrected chi connectivity index (χ4v) is 2.28. The summed E-state index contributed by atoms with van der Waals surface area (Å²) in [6.07, 6.45) is 1.30. The SMILES string of the molecule is COCOc1cccc(C=C(F)B2OC(C)(C)C(C)(C)O2)c1Cl. The summed E-state index contributed by atoms with van der Waals surface area (Å²) >= 11 is 6.23. The van der Waals surface area contributed by atoms with Crippen molar-refractivity contribution in [2.24, 2.45) is 0 Å². The second kappa shape index (κ2) is 6.81. The molecule has 0 aromatic heterocycles. The van der Waals surface area contributed by atoms with Crippen LogP contribution >= 0.6 is 11.6 Å². The standard InChI is InChI=1S/C16H21BClFO4/c1-15(2)16(3,4)23-17(22-15)13(19)9-11-7-6-8-12(14(11)18)21-10-20-5/h6-9H,10H2,1-5H3. The maximum atomic E-state index is 14.5. The Hall–Kier alpha value is -1.08. The highest BCUT2D eigenvalue weighted by atomic mass is 35.5. The van der Waals surface area contributed by atoms with Crippen molar-refractivity contribution in [2.75, 3.05) is 13.9 Å². The van der Waals surface area contributed by atoms with Gasteiger partial charge in [-0.05, 0) is 45.4 Å². The molecule has 4 nitrogen and oxygen atoms in total. The van der Waals surface area contributed by atoms with Crippen LogP contribution in [0.15, 0.2) is 23.9 Å². The van der Waals surface area contributed by atoms with Crippen molar-refractivity contribution in [1.29, 1.82) is 0 Å². The summed E-state index contributed by atoms with van der Waals surface area (Å²) < 4.78 is 36.0. The number of methoxy groups -OCH3 is 1. The smallest absolute Gasteiger partial charge is 0.466 e. The van der Waals surface area contributed by atoms with Crippen LogP contribution in [-0.2, 0) is 14.0 Å². The highest BCUT2D eigenvalue weighted by Gasteiger charge is 2.53. The van der Waals surface area contributed by atoms with E-state index in [1.54, 1.807) is 18.2 Å². The Morgan fingerprint density at radius 2 is 1.87 bits per heavy atom. The van der Waals surface area contributed by atoms with Gasteiger partial charge < -0.3 is 18.8 Å². The Kier molecular flexibility index (Phi) is 5.41. The van der Waals surface area contributed by atoms with Crippen LogP contribution in [0.5, 0.6) is 5.75 Å². The molecule has 0 saturated carbocycles. The summed E-state index contributed by atoms with van der Waals surface area (Å²) in [4.78, 5) is 0. The van der Waals surface area contributed by atoms with Gasteiger partial charge >= 0.3 is 7.12 Å². The third kappa shape index (κ3) is 3.88. The van der Waals surface area contributed by atoms with Crippen LogP contribution in [0.1, 0.15) is 33.3 Å². The summed E-state index contributed by atoms with van der Waals surface area (Å²) in [5.41, 5.74) is -1.27. The lowest BCUT2D eigenvalue weighted by atomic mass is 9.87. The van der Waals surface area contributed by atoms with E-state index in [2.05, 4.69) is 0 Å². The Morgan fingerprint density at radius 3 is 2.43 bits per heavy atom. The van der Waals surface area contributed by atoms with E-state index in [4.69, 9.17) is 30.4 Å². The van der Waals surface area contributed by atoms with Crippen LogP contribution in [0.3, 0.4) is 0 Å². The largest absolute Gasteiger partial charge is 0.525 e. The van der Waals surface area contributed by atoms with Gasteiger partial charge in [-0.15, -0.1) is 0 Å². The Labute approximate surface area is 141 Å². The molecule has 7 heteroatoms. The van der Waals surface area contributed by atoms with Gasteiger partial charge in [-0.1, -0.05) is 23.7 Å². The van der Waals surface area contributed by atoms with E-state index in [1.807, 2.05) is 27.7 Å².